The van der Waals surface area contributed by atoms with Crippen LogP contribution in [0.25, 0.3) is 0 Å². The summed E-state index contributed by atoms with van der Waals surface area (Å²) in [4.78, 5) is 12.6. The Labute approximate surface area is 76.0 Å². The summed E-state index contributed by atoms with van der Waals surface area (Å²) in [6.07, 6.45) is 1.47. The number of furan rings is 1. The Balaban J connectivity index is 2.41. The Kier molecular flexibility index (Phi) is 3.33. The number of anilines is 1. The van der Waals surface area contributed by atoms with Crippen molar-refractivity contribution in [2.24, 2.45) is 0 Å². The van der Waals surface area contributed by atoms with Gasteiger partial charge < -0.3 is 14.4 Å². The highest BCUT2D eigenvalue weighted by molar-refractivity contribution is 5.87. The molecule has 5 nitrogen and oxygen atoms in total. The van der Waals surface area contributed by atoms with Crippen LogP contribution in [0.5, 0.6) is 0 Å². The molecule has 0 spiro atoms. The fourth-order valence-corrected chi connectivity index (χ4v) is 0.802. The smallest absolute Gasteiger partial charge is 0.323 e. The first-order chi connectivity index (χ1) is 6.24. The maximum Gasteiger partial charge on any atom is 0.323 e. The second kappa shape index (κ2) is 4.51. The lowest BCUT2D eigenvalue weighted by molar-refractivity contribution is 0.201. The third kappa shape index (κ3) is 2.79. The molecule has 0 aliphatic heterocycles. The number of nitrogens with one attached hydrogen (secondary N) is 1. The molecule has 1 rings (SSSR count). The fourth-order valence-electron chi connectivity index (χ4n) is 0.802. The van der Waals surface area contributed by atoms with Crippen LogP contribution in [0.3, 0.4) is 0 Å². The van der Waals surface area contributed by atoms with E-state index in [0.29, 0.717) is 12.4 Å². The van der Waals surface area contributed by atoms with Crippen LogP contribution in [0.15, 0.2) is 22.8 Å². The molecule has 1 aromatic rings. The topological polar surface area (TPSA) is 65.7 Å². The molecule has 2 amide bonds. The number of carbonyl (C=O) groups excluding carboxylic acids is 1. The van der Waals surface area contributed by atoms with Crippen LogP contribution in [-0.4, -0.2) is 36.2 Å². The van der Waals surface area contributed by atoms with Gasteiger partial charge in [-0.05, 0) is 6.07 Å². The molecule has 72 valence electrons. The first-order valence-electron chi connectivity index (χ1n) is 3.90. The van der Waals surface area contributed by atoms with E-state index in [0.717, 1.165) is 0 Å². The molecule has 0 saturated heterocycles. The van der Waals surface area contributed by atoms with Crippen molar-refractivity contribution in [3.8, 4) is 0 Å². The van der Waals surface area contributed by atoms with Crippen molar-refractivity contribution in [1.29, 1.82) is 0 Å². The Morgan fingerprint density at radius 1 is 1.77 bits per heavy atom. The van der Waals surface area contributed by atoms with Gasteiger partial charge in [0, 0.05) is 19.7 Å². The van der Waals surface area contributed by atoms with Crippen molar-refractivity contribution >= 4 is 11.9 Å². The van der Waals surface area contributed by atoms with Crippen LogP contribution >= 0.6 is 0 Å². The summed E-state index contributed by atoms with van der Waals surface area (Å²) in [5, 5.41) is 11.1. The molecule has 0 unspecified atom stereocenters. The lowest BCUT2D eigenvalue weighted by Crippen LogP contribution is -2.33. The van der Waals surface area contributed by atoms with Gasteiger partial charge in [-0.2, -0.15) is 0 Å². The zero-order valence-corrected chi connectivity index (χ0v) is 7.36. The number of likely N-dealkylation sites (N-methyl/N-ethyl adjacent to an activating group) is 1. The first-order valence-corrected chi connectivity index (χ1v) is 3.90. The number of aliphatic hydroxyl groups is 1. The first kappa shape index (κ1) is 9.60. The van der Waals surface area contributed by atoms with Crippen LogP contribution in [0.4, 0.5) is 10.7 Å². The van der Waals surface area contributed by atoms with E-state index in [4.69, 9.17) is 9.52 Å². The maximum absolute atomic E-state index is 11.2. The van der Waals surface area contributed by atoms with Crippen molar-refractivity contribution in [2.75, 3.05) is 25.5 Å². The van der Waals surface area contributed by atoms with E-state index in [1.165, 1.54) is 11.2 Å². The minimum absolute atomic E-state index is 0.0535. The summed E-state index contributed by atoms with van der Waals surface area (Å²) in [6.45, 7) is 0.245. The van der Waals surface area contributed by atoms with Crippen LogP contribution < -0.4 is 5.32 Å². The van der Waals surface area contributed by atoms with Gasteiger partial charge in [0.25, 0.3) is 0 Å². The number of nitrogens with zero attached hydrogens (tertiary/aromatic N) is 1. The highest BCUT2D eigenvalue weighted by Crippen LogP contribution is 2.06. The minimum Gasteiger partial charge on any atom is -0.449 e. The number of carbonyl (C=O) groups is 1. The number of amides is 2. The summed E-state index contributed by atoms with van der Waals surface area (Å²) >= 11 is 0. The Bertz CT molecular complexity index is 258. The quantitative estimate of drug-likeness (QED) is 0.728. The molecule has 0 aromatic carbocycles. The fraction of sp³-hybridized carbons (Fsp3) is 0.375. The standard InChI is InChI=1S/C8H12N2O3/c1-10(4-5-11)8(12)9-7-3-2-6-13-7/h2-3,6,11H,4-5H2,1H3,(H,9,12). The molecule has 5 heteroatoms. The molecule has 0 atom stereocenters. The van der Waals surface area contributed by atoms with Gasteiger partial charge in [0.2, 0.25) is 5.88 Å². The van der Waals surface area contributed by atoms with Crippen LogP contribution in [0.1, 0.15) is 0 Å². The van der Waals surface area contributed by atoms with Gasteiger partial charge in [0.1, 0.15) is 0 Å². The molecule has 0 aliphatic rings. The Morgan fingerprint density at radius 2 is 2.54 bits per heavy atom. The predicted molar refractivity (Wildman–Crippen MR) is 47.4 cm³/mol. The van der Waals surface area contributed by atoms with Gasteiger partial charge in [0.05, 0.1) is 12.9 Å². The highest BCUT2D eigenvalue weighted by atomic mass is 16.3. The average molecular weight is 184 g/mol. The third-order valence-electron chi connectivity index (χ3n) is 1.53. The number of hydrogen-bond donors (Lipinski definition) is 2. The molecule has 1 heterocycles. The predicted octanol–water partition coefficient (Wildman–Crippen LogP) is 0.736. The van der Waals surface area contributed by atoms with E-state index >= 15 is 0 Å². The number of rotatable bonds is 3. The largest absolute Gasteiger partial charge is 0.449 e. The van der Waals surface area contributed by atoms with E-state index in [9.17, 15) is 4.79 Å². The lowest BCUT2D eigenvalue weighted by atomic mass is 10.6. The summed E-state index contributed by atoms with van der Waals surface area (Å²) < 4.78 is 4.91. The van der Waals surface area contributed by atoms with Crippen molar-refractivity contribution in [3.63, 3.8) is 0 Å². The molecule has 1 aromatic heterocycles. The Hall–Kier alpha value is -1.49. The van der Waals surface area contributed by atoms with Crippen molar-refractivity contribution < 1.29 is 14.3 Å². The maximum atomic E-state index is 11.2. The molecular formula is C8H12N2O3. The molecule has 0 aliphatic carbocycles. The van der Waals surface area contributed by atoms with Crippen LogP contribution in [0.2, 0.25) is 0 Å². The van der Waals surface area contributed by atoms with Crippen molar-refractivity contribution in [1.82, 2.24) is 4.90 Å². The lowest BCUT2D eigenvalue weighted by Gasteiger charge is -2.14. The van der Waals surface area contributed by atoms with Gasteiger partial charge in [-0.3, -0.25) is 5.32 Å². The van der Waals surface area contributed by atoms with E-state index in [-0.39, 0.29) is 12.6 Å². The normalized spacial score (nSPS) is 9.69. The SMILES string of the molecule is CN(CCO)C(=O)Nc1ccco1. The highest BCUT2D eigenvalue weighted by Gasteiger charge is 2.08. The van der Waals surface area contributed by atoms with Gasteiger partial charge >= 0.3 is 6.03 Å². The molecule has 0 saturated carbocycles. The molecule has 0 radical (unpaired) electrons. The van der Waals surface area contributed by atoms with Crippen LogP contribution in [-0.2, 0) is 0 Å². The molecule has 13 heavy (non-hydrogen) atoms. The number of urea groups is 1. The molecule has 0 bridgehead atoms. The van der Waals surface area contributed by atoms with E-state index in [2.05, 4.69) is 5.32 Å². The number of aliphatic hydroxyl groups excluding tert-OH is 1. The second-order valence-electron chi connectivity index (χ2n) is 2.55. The number of hydrogen-bond acceptors (Lipinski definition) is 3. The summed E-state index contributed by atoms with van der Waals surface area (Å²) in [7, 11) is 1.59. The van der Waals surface area contributed by atoms with E-state index in [1.54, 1.807) is 19.2 Å². The van der Waals surface area contributed by atoms with Gasteiger partial charge in [0.15, 0.2) is 0 Å². The molecular weight excluding hydrogens is 172 g/mol. The summed E-state index contributed by atoms with van der Waals surface area (Å²) in [5.74, 6) is 0.398. The zero-order chi connectivity index (χ0) is 9.68. The molecule has 2 N–H and O–H groups in total. The van der Waals surface area contributed by atoms with Gasteiger partial charge in [-0.25, -0.2) is 4.79 Å². The summed E-state index contributed by atoms with van der Waals surface area (Å²) in [6, 6.07) is 3.02. The van der Waals surface area contributed by atoms with Gasteiger partial charge in [-0.15, -0.1) is 0 Å². The van der Waals surface area contributed by atoms with Crippen molar-refractivity contribution in [2.45, 2.75) is 0 Å². The zero-order valence-electron chi connectivity index (χ0n) is 7.36. The minimum atomic E-state index is -0.302. The molecule has 0 fully saturated rings. The summed E-state index contributed by atoms with van der Waals surface area (Å²) in [5.41, 5.74) is 0. The van der Waals surface area contributed by atoms with Crippen LogP contribution in [0, 0.1) is 0 Å². The Morgan fingerprint density at radius 3 is 3.08 bits per heavy atom. The third-order valence-corrected chi connectivity index (χ3v) is 1.53. The van der Waals surface area contributed by atoms with Crippen molar-refractivity contribution in [3.05, 3.63) is 18.4 Å². The average Bonchev–Trinajstić information content (AvgIpc) is 2.57. The van der Waals surface area contributed by atoms with E-state index < -0.39 is 0 Å². The van der Waals surface area contributed by atoms with E-state index in [1.807, 2.05) is 0 Å². The second-order valence-corrected chi connectivity index (χ2v) is 2.55. The monoisotopic (exact) mass is 184 g/mol. The van der Waals surface area contributed by atoms with Gasteiger partial charge in [-0.1, -0.05) is 0 Å².